The SMILES string of the molecule is CN=C(NCc1cnc(C)s1)NCC(C)c1cccs1.I. The van der Waals surface area contributed by atoms with E-state index in [0.717, 1.165) is 24.1 Å². The fourth-order valence-electron chi connectivity index (χ4n) is 1.80. The molecule has 2 aromatic rings. The standard InChI is InChI=1S/C14H20N4S2.HI/c1-10(13-5-4-6-19-13)7-17-14(15-3)18-9-12-8-16-11(2)20-12;/h4-6,8,10H,7,9H2,1-3H3,(H2,15,17,18);1H. The molecule has 0 aromatic carbocycles. The van der Waals surface area contributed by atoms with Crippen molar-refractivity contribution >= 4 is 52.6 Å². The Labute approximate surface area is 151 Å². The Morgan fingerprint density at radius 1 is 1.43 bits per heavy atom. The molecular weight excluding hydrogens is 415 g/mol. The summed E-state index contributed by atoms with van der Waals surface area (Å²) >= 11 is 3.50. The number of hydrogen-bond donors (Lipinski definition) is 2. The third-order valence-electron chi connectivity index (χ3n) is 2.93. The Balaban J connectivity index is 0.00000220. The number of aliphatic imine (C=N–C) groups is 1. The average molecular weight is 436 g/mol. The summed E-state index contributed by atoms with van der Waals surface area (Å²) in [7, 11) is 1.79. The topological polar surface area (TPSA) is 49.3 Å². The molecule has 1 unspecified atom stereocenters. The minimum absolute atomic E-state index is 0. The molecule has 0 spiro atoms. The maximum atomic E-state index is 4.25. The van der Waals surface area contributed by atoms with Crippen molar-refractivity contribution in [3.63, 3.8) is 0 Å². The molecule has 116 valence electrons. The summed E-state index contributed by atoms with van der Waals surface area (Å²) < 4.78 is 0. The summed E-state index contributed by atoms with van der Waals surface area (Å²) in [5.74, 6) is 1.32. The van der Waals surface area contributed by atoms with Crippen molar-refractivity contribution in [1.82, 2.24) is 15.6 Å². The highest BCUT2D eigenvalue weighted by Crippen LogP contribution is 2.19. The van der Waals surface area contributed by atoms with Gasteiger partial charge in [-0.15, -0.1) is 46.7 Å². The molecule has 2 aromatic heterocycles. The van der Waals surface area contributed by atoms with Gasteiger partial charge in [0.15, 0.2) is 5.96 Å². The van der Waals surface area contributed by atoms with Crippen LogP contribution < -0.4 is 10.6 Å². The molecule has 0 radical (unpaired) electrons. The van der Waals surface area contributed by atoms with E-state index >= 15 is 0 Å². The Morgan fingerprint density at radius 2 is 2.24 bits per heavy atom. The molecule has 0 bridgehead atoms. The van der Waals surface area contributed by atoms with E-state index in [9.17, 15) is 0 Å². The van der Waals surface area contributed by atoms with Crippen LogP contribution in [0.1, 0.15) is 27.6 Å². The summed E-state index contributed by atoms with van der Waals surface area (Å²) in [6.07, 6.45) is 1.91. The molecule has 2 N–H and O–H groups in total. The van der Waals surface area contributed by atoms with Crippen molar-refractivity contribution < 1.29 is 0 Å². The average Bonchev–Trinajstić information content (AvgIpc) is 3.10. The monoisotopic (exact) mass is 436 g/mol. The summed E-state index contributed by atoms with van der Waals surface area (Å²) in [5, 5.41) is 9.89. The maximum absolute atomic E-state index is 4.25. The molecule has 0 amide bonds. The minimum atomic E-state index is 0. The van der Waals surface area contributed by atoms with Gasteiger partial charge >= 0.3 is 0 Å². The van der Waals surface area contributed by atoms with Gasteiger partial charge in [0, 0.05) is 35.5 Å². The first-order chi connectivity index (χ1) is 9.69. The van der Waals surface area contributed by atoms with Crippen LogP contribution in [0.15, 0.2) is 28.7 Å². The third-order valence-corrected chi connectivity index (χ3v) is 4.94. The first-order valence-electron chi connectivity index (χ1n) is 6.58. The number of halogens is 1. The lowest BCUT2D eigenvalue weighted by atomic mass is 10.1. The van der Waals surface area contributed by atoms with Crippen LogP contribution in [0.2, 0.25) is 0 Å². The highest BCUT2D eigenvalue weighted by atomic mass is 127. The van der Waals surface area contributed by atoms with Gasteiger partial charge in [-0.1, -0.05) is 13.0 Å². The molecule has 7 heteroatoms. The predicted octanol–water partition coefficient (Wildman–Crippen LogP) is 3.60. The number of guanidine groups is 1. The van der Waals surface area contributed by atoms with Crippen molar-refractivity contribution in [2.45, 2.75) is 26.3 Å². The van der Waals surface area contributed by atoms with E-state index < -0.39 is 0 Å². The van der Waals surface area contributed by atoms with Crippen LogP contribution in [0.25, 0.3) is 0 Å². The molecular formula is C14H21IN4S2. The summed E-state index contributed by atoms with van der Waals surface area (Å²) in [6.45, 7) is 5.88. The number of aromatic nitrogens is 1. The number of rotatable bonds is 5. The molecule has 2 heterocycles. The van der Waals surface area contributed by atoms with Gasteiger partial charge in [0.2, 0.25) is 0 Å². The van der Waals surface area contributed by atoms with Crippen LogP contribution in [0, 0.1) is 6.92 Å². The summed E-state index contributed by atoms with van der Waals surface area (Å²) in [5.41, 5.74) is 0. The van der Waals surface area contributed by atoms with Crippen LogP contribution in [-0.2, 0) is 6.54 Å². The van der Waals surface area contributed by atoms with E-state index in [-0.39, 0.29) is 24.0 Å². The first-order valence-corrected chi connectivity index (χ1v) is 8.28. The van der Waals surface area contributed by atoms with E-state index in [1.54, 1.807) is 29.7 Å². The zero-order valence-electron chi connectivity index (χ0n) is 12.4. The van der Waals surface area contributed by atoms with E-state index in [2.05, 4.69) is 45.0 Å². The lowest BCUT2D eigenvalue weighted by Gasteiger charge is -2.14. The Bertz CT molecular complexity index is 551. The fraction of sp³-hybridized carbons (Fsp3) is 0.429. The number of nitrogens with zero attached hydrogens (tertiary/aromatic N) is 2. The second kappa shape index (κ2) is 9.37. The third kappa shape index (κ3) is 5.91. The highest BCUT2D eigenvalue weighted by Gasteiger charge is 2.07. The van der Waals surface area contributed by atoms with E-state index in [1.165, 1.54) is 9.75 Å². The maximum Gasteiger partial charge on any atom is 0.191 e. The predicted molar refractivity (Wildman–Crippen MR) is 103 cm³/mol. The van der Waals surface area contributed by atoms with Gasteiger partial charge in [-0.2, -0.15) is 0 Å². The Morgan fingerprint density at radius 3 is 2.81 bits per heavy atom. The minimum Gasteiger partial charge on any atom is -0.356 e. The van der Waals surface area contributed by atoms with Gasteiger partial charge in [0.25, 0.3) is 0 Å². The van der Waals surface area contributed by atoms with Gasteiger partial charge < -0.3 is 10.6 Å². The lowest BCUT2D eigenvalue weighted by Crippen LogP contribution is -2.38. The van der Waals surface area contributed by atoms with Crippen molar-refractivity contribution in [2.24, 2.45) is 4.99 Å². The summed E-state index contributed by atoms with van der Waals surface area (Å²) in [6, 6.07) is 4.27. The zero-order chi connectivity index (χ0) is 14.4. The van der Waals surface area contributed by atoms with Crippen LogP contribution in [-0.4, -0.2) is 24.5 Å². The second-order valence-electron chi connectivity index (χ2n) is 4.57. The molecule has 21 heavy (non-hydrogen) atoms. The van der Waals surface area contributed by atoms with E-state index in [4.69, 9.17) is 0 Å². The fourth-order valence-corrected chi connectivity index (χ4v) is 3.32. The number of nitrogens with one attached hydrogen (secondary N) is 2. The quantitative estimate of drug-likeness (QED) is 0.428. The zero-order valence-corrected chi connectivity index (χ0v) is 16.4. The van der Waals surface area contributed by atoms with Crippen molar-refractivity contribution in [3.8, 4) is 0 Å². The lowest BCUT2D eigenvalue weighted by molar-refractivity contribution is 0.709. The van der Waals surface area contributed by atoms with Crippen LogP contribution >= 0.6 is 46.7 Å². The second-order valence-corrected chi connectivity index (χ2v) is 6.87. The van der Waals surface area contributed by atoms with Crippen LogP contribution in [0.3, 0.4) is 0 Å². The van der Waals surface area contributed by atoms with Gasteiger partial charge in [-0.05, 0) is 18.4 Å². The molecule has 0 fully saturated rings. The highest BCUT2D eigenvalue weighted by molar-refractivity contribution is 14.0. The normalized spacial score (nSPS) is 12.6. The number of hydrogen-bond acceptors (Lipinski definition) is 4. The van der Waals surface area contributed by atoms with E-state index in [0.29, 0.717) is 5.92 Å². The molecule has 4 nitrogen and oxygen atoms in total. The molecule has 0 aliphatic rings. The molecule has 1 atom stereocenters. The smallest absolute Gasteiger partial charge is 0.191 e. The van der Waals surface area contributed by atoms with E-state index in [1.807, 2.05) is 13.1 Å². The number of thiazole rings is 1. The summed E-state index contributed by atoms with van der Waals surface area (Å²) in [4.78, 5) is 11.1. The number of aryl methyl sites for hydroxylation is 1. The molecule has 0 aliphatic heterocycles. The van der Waals surface area contributed by atoms with Gasteiger partial charge in [-0.3, -0.25) is 4.99 Å². The van der Waals surface area contributed by atoms with Crippen molar-refractivity contribution in [3.05, 3.63) is 38.5 Å². The largest absolute Gasteiger partial charge is 0.356 e. The van der Waals surface area contributed by atoms with Crippen molar-refractivity contribution in [1.29, 1.82) is 0 Å². The Hall–Kier alpha value is -0.670. The Kier molecular flexibility index (Phi) is 8.20. The van der Waals surface area contributed by atoms with Crippen LogP contribution in [0.4, 0.5) is 0 Å². The van der Waals surface area contributed by atoms with Gasteiger partial charge in [-0.25, -0.2) is 4.98 Å². The molecule has 2 rings (SSSR count). The van der Waals surface area contributed by atoms with Gasteiger partial charge in [0.1, 0.15) is 0 Å². The first kappa shape index (κ1) is 18.4. The van der Waals surface area contributed by atoms with Crippen molar-refractivity contribution in [2.75, 3.05) is 13.6 Å². The van der Waals surface area contributed by atoms with Gasteiger partial charge in [0.05, 0.1) is 11.6 Å². The van der Waals surface area contributed by atoms with Crippen LogP contribution in [0.5, 0.6) is 0 Å². The molecule has 0 saturated carbocycles. The molecule has 0 saturated heterocycles. The molecule has 0 aliphatic carbocycles. The number of thiophene rings is 1.